The lowest BCUT2D eigenvalue weighted by Gasteiger charge is -2.47. The van der Waals surface area contributed by atoms with Crippen molar-refractivity contribution >= 4 is 29.1 Å². The number of rotatable bonds is 8. The number of hydrogen-bond donors (Lipinski definition) is 2. The fourth-order valence-electron chi connectivity index (χ4n) is 5.67. The van der Waals surface area contributed by atoms with Gasteiger partial charge < -0.3 is 15.2 Å². The van der Waals surface area contributed by atoms with Gasteiger partial charge in [0.05, 0.1) is 23.5 Å². The van der Waals surface area contributed by atoms with Crippen LogP contribution in [0.15, 0.2) is 0 Å². The molecule has 0 spiro atoms. The average molecular weight is 448 g/mol. The van der Waals surface area contributed by atoms with Crippen molar-refractivity contribution in [2.75, 3.05) is 6.61 Å². The van der Waals surface area contributed by atoms with Crippen LogP contribution in [0.2, 0.25) is 0 Å². The molecule has 3 fully saturated rings. The second kappa shape index (κ2) is 11.5. The number of alkyl halides is 2. The number of carbonyl (C=O) groups is 1. The number of carbonyl (C=O) groups excluding carboxylic acids is 1. The first-order valence-corrected chi connectivity index (χ1v) is 12.8. The molecular weight excluding hydrogens is 409 g/mol. The molecule has 3 aliphatic carbocycles. The Bertz CT molecular complexity index is 520. The summed E-state index contributed by atoms with van der Waals surface area (Å²) in [4.78, 5) is 13.1. The number of aliphatic hydroxyl groups is 1. The monoisotopic (exact) mass is 447 g/mol. The van der Waals surface area contributed by atoms with E-state index in [1.54, 1.807) is 0 Å². The summed E-state index contributed by atoms with van der Waals surface area (Å²) in [5.41, 5.74) is 0. The van der Waals surface area contributed by atoms with E-state index < -0.39 is 12.0 Å². The Morgan fingerprint density at radius 3 is 2.52 bits per heavy atom. The fraction of sp³-hybridized carbons (Fsp3) is 0.957. The summed E-state index contributed by atoms with van der Waals surface area (Å²) in [6, 6.07) is -0.0520. The minimum Gasteiger partial charge on any atom is -0.392 e. The minimum atomic E-state index is -0.571. The van der Waals surface area contributed by atoms with E-state index in [0.717, 1.165) is 51.6 Å². The maximum Gasteiger partial charge on any atom is 0.226 e. The number of unbranched alkanes of at least 4 members (excludes halogenated alkanes) is 3. The molecule has 0 aliphatic heterocycles. The first-order valence-electron chi connectivity index (χ1n) is 11.9. The largest absolute Gasteiger partial charge is 0.392 e. The third-order valence-corrected chi connectivity index (χ3v) is 8.27. The third-order valence-electron chi connectivity index (χ3n) is 7.39. The number of amides is 1. The smallest absolute Gasteiger partial charge is 0.226 e. The number of ether oxygens (including phenoxy) is 1. The Morgan fingerprint density at radius 2 is 1.79 bits per heavy atom. The van der Waals surface area contributed by atoms with Crippen molar-refractivity contribution in [1.82, 2.24) is 5.32 Å². The lowest BCUT2D eigenvalue weighted by Crippen LogP contribution is -2.55. The van der Waals surface area contributed by atoms with Gasteiger partial charge in [-0.1, -0.05) is 39.0 Å². The molecule has 0 bridgehead atoms. The van der Waals surface area contributed by atoms with Crippen molar-refractivity contribution in [1.29, 1.82) is 0 Å². The average Bonchev–Trinajstić information content (AvgIpc) is 2.71. The summed E-state index contributed by atoms with van der Waals surface area (Å²) in [6.45, 7) is 2.98. The molecular formula is C23H39Cl2NO3. The molecule has 0 saturated heterocycles. The lowest BCUT2D eigenvalue weighted by atomic mass is 9.64. The molecule has 3 saturated carbocycles. The van der Waals surface area contributed by atoms with E-state index in [9.17, 15) is 9.90 Å². The Labute approximate surface area is 186 Å². The first kappa shape index (κ1) is 23.6. The number of nitrogens with one attached hydrogen (secondary N) is 1. The van der Waals surface area contributed by atoms with E-state index in [2.05, 4.69) is 12.2 Å². The molecule has 0 aromatic heterocycles. The molecule has 0 aromatic rings. The first-order chi connectivity index (χ1) is 14.0. The molecule has 4 nitrogen and oxygen atoms in total. The second-order valence-corrected chi connectivity index (χ2v) is 10.6. The van der Waals surface area contributed by atoms with Crippen LogP contribution in [0.5, 0.6) is 0 Å². The minimum absolute atomic E-state index is 0.0511. The van der Waals surface area contributed by atoms with E-state index in [0.29, 0.717) is 12.3 Å². The second-order valence-electron chi connectivity index (χ2n) is 9.46. The van der Waals surface area contributed by atoms with Crippen LogP contribution in [0.3, 0.4) is 0 Å². The van der Waals surface area contributed by atoms with Crippen molar-refractivity contribution < 1.29 is 14.6 Å². The maximum absolute atomic E-state index is 13.1. The quantitative estimate of drug-likeness (QED) is 0.405. The Kier molecular flexibility index (Phi) is 9.41. The van der Waals surface area contributed by atoms with Crippen LogP contribution in [0.25, 0.3) is 0 Å². The summed E-state index contributed by atoms with van der Waals surface area (Å²) in [6.07, 6.45) is 11.7. The molecule has 0 aromatic carbocycles. The van der Waals surface area contributed by atoms with Crippen molar-refractivity contribution in [3.05, 3.63) is 0 Å². The van der Waals surface area contributed by atoms with Gasteiger partial charge in [-0.05, 0) is 56.8 Å². The molecule has 0 radical (unpaired) electrons. The van der Waals surface area contributed by atoms with Gasteiger partial charge in [0, 0.05) is 18.0 Å². The van der Waals surface area contributed by atoms with Gasteiger partial charge in [0.1, 0.15) is 0 Å². The van der Waals surface area contributed by atoms with E-state index >= 15 is 0 Å². The zero-order chi connectivity index (χ0) is 20.8. The van der Waals surface area contributed by atoms with Gasteiger partial charge in [-0.15, -0.1) is 23.2 Å². The van der Waals surface area contributed by atoms with Gasteiger partial charge in [0.2, 0.25) is 5.91 Å². The molecule has 1 amide bonds. The van der Waals surface area contributed by atoms with Gasteiger partial charge in [-0.25, -0.2) is 0 Å². The Hall–Kier alpha value is -0.0300. The molecule has 3 rings (SSSR count). The fourth-order valence-corrected chi connectivity index (χ4v) is 6.49. The van der Waals surface area contributed by atoms with E-state index in [-0.39, 0.29) is 34.7 Å². The van der Waals surface area contributed by atoms with Gasteiger partial charge in [-0.2, -0.15) is 0 Å². The third kappa shape index (κ3) is 6.24. The van der Waals surface area contributed by atoms with Crippen LogP contribution in [-0.4, -0.2) is 46.6 Å². The standard InChI is InChI=1S/C23H39Cl2NO3/c1-2-3-4-7-12-29-21-14-18(22(27)17-9-6-5-8-16(17)21)23(28)26-20-11-10-15(24)13-19(20)25/h15-22,27H,2-14H2,1H3,(H,26,28). The predicted octanol–water partition coefficient (Wildman–Crippen LogP) is 5.02. The molecule has 3 aliphatic rings. The van der Waals surface area contributed by atoms with Gasteiger partial charge in [0.25, 0.3) is 0 Å². The molecule has 168 valence electrons. The SMILES string of the molecule is CCCCCCOC1CC(C(=O)NC2CCC(Cl)CC2Cl)C(O)C2CCCCC12. The van der Waals surface area contributed by atoms with Gasteiger partial charge in [0.15, 0.2) is 0 Å². The highest BCUT2D eigenvalue weighted by atomic mass is 35.5. The highest BCUT2D eigenvalue weighted by Gasteiger charge is 2.48. The number of aliphatic hydroxyl groups excluding tert-OH is 1. The van der Waals surface area contributed by atoms with Crippen molar-refractivity contribution in [2.45, 2.75) is 113 Å². The zero-order valence-electron chi connectivity index (χ0n) is 17.8. The number of fused-ring (bicyclic) bond motifs is 1. The van der Waals surface area contributed by atoms with Crippen LogP contribution in [-0.2, 0) is 9.53 Å². The van der Waals surface area contributed by atoms with Gasteiger partial charge >= 0.3 is 0 Å². The molecule has 29 heavy (non-hydrogen) atoms. The van der Waals surface area contributed by atoms with Crippen LogP contribution in [0, 0.1) is 17.8 Å². The van der Waals surface area contributed by atoms with Crippen molar-refractivity contribution in [2.24, 2.45) is 17.8 Å². The van der Waals surface area contributed by atoms with E-state index in [4.69, 9.17) is 27.9 Å². The van der Waals surface area contributed by atoms with Crippen LogP contribution < -0.4 is 5.32 Å². The summed E-state index contributed by atoms with van der Waals surface area (Å²) in [7, 11) is 0. The molecule has 2 N–H and O–H groups in total. The van der Waals surface area contributed by atoms with Crippen LogP contribution >= 0.6 is 23.2 Å². The Balaban J connectivity index is 1.60. The highest BCUT2D eigenvalue weighted by molar-refractivity contribution is 6.24. The van der Waals surface area contributed by atoms with E-state index in [1.807, 2.05) is 0 Å². The predicted molar refractivity (Wildman–Crippen MR) is 119 cm³/mol. The summed E-state index contributed by atoms with van der Waals surface area (Å²) in [5, 5.41) is 14.2. The summed E-state index contributed by atoms with van der Waals surface area (Å²) < 4.78 is 6.32. The normalized spacial score (nSPS) is 40.3. The number of halogens is 2. The zero-order valence-corrected chi connectivity index (χ0v) is 19.3. The highest BCUT2D eigenvalue weighted by Crippen LogP contribution is 2.44. The topological polar surface area (TPSA) is 58.6 Å². The van der Waals surface area contributed by atoms with Gasteiger partial charge in [-0.3, -0.25) is 4.79 Å². The molecule has 8 atom stereocenters. The maximum atomic E-state index is 13.1. The molecule has 6 heteroatoms. The Morgan fingerprint density at radius 1 is 1.03 bits per heavy atom. The summed E-state index contributed by atoms with van der Waals surface area (Å²) in [5.74, 6) is 0.123. The molecule has 0 heterocycles. The number of hydrogen-bond acceptors (Lipinski definition) is 3. The van der Waals surface area contributed by atoms with Crippen LogP contribution in [0.1, 0.15) is 84.0 Å². The van der Waals surface area contributed by atoms with Crippen LogP contribution in [0.4, 0.5) is 0 Å². The van der Waals surface area contributed by atoms with Crippen molar-refractivity contribution in [3.63, 3.8) is 0 Å². The molecule has 8 unspecified atom stereocenters. The van der Waals surface area contributed by atoms with E-state index in [1.165, 1.54) is 25.7 Å². The lowest BCUT2D eigenvalue weighted by molar-refractivity contribution is -0.150. The van der Waals surface area contributed by atoms with Crippen molar-refractivity contribution in [3.8, 4) is 0 Å². The summed E-state index contributed by atoms with van der Waals surface area (Å²) >= 11 is 12.7.